The quantitative estimate of drug-likeness (QED) is 0.934. The number of likely N-dealkylation sites (tertiary alicyclic amines) is 1. The lowest BCUT2D eigenvalue weighted by Crippen LogP contribution is -2.50. The van der Waals surface area contributed by atoms with E-state index < -0.39 is 11.4 Å². The number of carboxylic acids is 1. The van der Waals surface area contributed by atoms with E-state index in [-0.39, 0.29) is 12.3 Å². The second-order valence-electron chi connectivity index (χ2n) is 6.67. The third-order valence-electron chi connectivity index (χ3n) is 5.20. The number of carbonyl (C=O) groups excluding carboxylic acids is 1. The van der Waals surface area contributed by atoms with E-state index in [1.165, 1.54) is 0 Å². The predicted molar refractivity (Wildman–Crippen MR) is 89.8 cm³/mol. The van der Waals surface area contributed by atoms with Crippen LogP contribution in [0.5, 0.6) is 0 Å². The van der Waals surface area contributed by atoms with Crippen LogP contribution in [0, 0.1) is 12.3 Å². The molecular formula is C18H23N3O3. The van der Waals surface area contributed by atoms with Crippen LogP contribution in [0.15, 0.2) is 24.5 Å². The summed E-state index contributed by atoms with van der Waals surface area (Å²) in [6.07, 6.45) is 5.79. The van der Waals surface area contributed by atoms with Gasteiger partial charge in [0.2, 0.25) is 5.91 Å². The fourth-order valence-electron chi connectivity index (χ4n) is 3.56. The topological polar surface area (TPSA) is 74.9 Å². The molecule has 1 aliphatic heterocycles. The highest BCUT2D eigenvalue weighted by atomic mass is 16.4. The van der Waals surface area contributed by atoms with Crippen molar-refractivity contribution < 1.29 is 14.7 Å². The average molecular weight is 329 g/mol. The Morgan fingerprint density at radius 3 is 2.92 bits per heavy atom. The van der Waals surface area contributed by atoms with E-state index in [1.807, 2.05) is 36.6 Å². The summed E-state index contributed by atoms with van der Waals surface area (Å²) < 4.78 is 1.93. The van der Waals surface area contributed by atoms with Crippen LogP contribution in [0.3, 0.4) is 0 Å². The van der Waals surface area contributed by atoms with E-state index in [2.05, 4.69) is 4.98 Å². The summed E-state index contributed by atoms with van der Waals surface area (Å²) in [5, 5.41) is 9.56. The Kier molecular flexibility index (Phi) is 4.30. The summed E-state index contributed by atoms with van der Waals surface area (Å²) in [5.74, 6) is -0.829. The summed E-state index contributed by atoms with van der Waals surface area (Å²) in [6.45, 7) is 4.80. The maximum Gasteiger partial charge on any atom is 0.311 e. The van der Waals surface area contributed by atoms with Crippen molar-refractivity contribution in [2.75, 3.05) is 13.1 Å². The van der Waals surface area contributed by atoms with Gasteiger partial charge in [0.15, 0.2) is 0 Å². The molecule has 6 heteroatoms. The SMILES string of the molecule is CCC1(C(=O)O)CCCN(C(=O)Cc2cnc3c(C)cccn23)C1. The van der Waals surface area contributed by atoms with E-state index in [1.54, 1.807) is 11.1 Å². The van der Waals surface area contributed by atoms with Crippen molar-refractivity contribution in [1.29, 1.82) is 0 Å². The number of carbonyl (C=O) groups is 2. The van der Waals surface area contributed by atoms with Crippen LogP contribution < -0.4 is 0 Å². The molecule has 2 aromatic heterocycles. The van der Waals surface area contributed by atoms with Gasteiger partial charge in [-0.15, -0.1) is 0 Å². The molecule has 1 unspecified atom stereocenters. The van der Waals surface area contributed by atoms with Crippen molar-refractivity contribution in [3.63, 3.8) is 0 Å². The van der Waals surface area contributed by atoms with Crippen LogP contribution in [-0.2, 0) is 16.0 Å². The molecule has 0 saturated carbocycles. The molecule has 2 aromatic rings. The van der Waals surface area contributed by atoms with E-state index in [0.717, 1.165) is 23.3 Å². The van der Waals surface area contributed by atoms with E-state index >= 15 is 0 Å². The Bertz CT molecular complexity index is 783. The largest absolute Gasteiger partial charge is 0.481 e. The third kappa shape index (κ3) is 2.77. The Balaban J connectivity index is 1.79. The number of hydrogen-bond donors (Lipinski definition) is 1. The lowest BCUT2D eigenvalue weighted by molar-refractivity contribution is -0.155. The number of nitrogens with zero attached hydrogens (tertiary/aromatic N) is 3. The normalized spacial score (nSPS) is 21.2. The molecule has 128 valence electrons. The van der Waals surface area contributed by atoms with Crippen LogP contribution in [0.4, 0.5) is 0 Å². The second-order valence-corrected chi connectivity index (χ2v) is 6.67. The van der Waals surface area contributed by atoms with Gasteiger partial charge in [-0.1, -0.05) is 13.0 Å². The van der Waals surface area contributed by atoms with Crippen molar-refractivity contribution in [2.45, 2.75) is 39.5 Å². The highest BCUT2D eigenvalue weighted by Gasteiger charge is 2.42. The maximum absolute atomic E-state index is 12.7. The third-order valence-corrected chi connectivity index (χ3v) is 5.20. The van der Waals surface area contributed by atoms with Crippen LogP contribution in [0.25, 0.3) is 5.65 Å². The lowest BCUT2D eigenvalue weighted by atomic mass is 9.77. The minimum absolute atomic E-state index is 0.0305. The first kappa shape index (κ1) is 16.5. The van der Waals surface area contributed by atoms with Gasteiger partial charge in [0.1, 0.15) is 5.65 Å². The number of aryl methyl sites for hydroxylation is 1. The monoisotopic (exact) mass is 329 g/mol. The number of carboxylic acid groups (broad SMARTS) is 1. The number of imidazole rings is 1. The standard InChI is InChI=1S/C18H23N3O3/c1-3-18(17(23)24)7-5-8-20(12-18)15(22)10-14-11-19-16-13(2)6-4-9-21(14)16/h4,6,9,11H,3,5,7-8,10,12H2,1-2H3,(H,23,24). The van der Waals surface area contributed by atoms with Gasteiger partial charge in [0.25, 0.3) is 0 Å². The molecule has 1 aliphatic rings. The number of pyridine rings is 1. The Morgan fingerprint density at radius 2 is 2.21 bits per heavy atom. The first-order valence-electron chi connectivity index (χ1n) is 8.39. The van der Waals surface area contributed by atoms with E-state index in [9.17, 15) is 14.7 Å². The predicted octanol–water partition coefficient (Wildman–Crippen LogP) is 2.29. The number of amides is 1. The molecule has 24 heavy (non-hydrogen) atoms. The molecule has 3 heterocycles. The van der Waals surface area contributed by atoms with Crippen molar-refractivity contribution in [1.82, 2.24) is 14.3 Å². The number of hydrogen-bond acceptors (Lipinski definition) is 3. The maximum atomic E-state index is 12.7. The smallest absolute Gasteiger partial charge is 0.311 e. The minimum Gasteiger partial charge on any atom is -0.481 e. The zero-order valence-corrected chi connectivity index (χ0v) is 14.2. The van der Waals surface area contributed by atoms with Gasteiger partial charge in [-0.2, -0.15) is 0 Å². The fourth-order valence-corrected chi connectivity index (χ4v) is 3.56. The average Bonchev–Trinajstić information content (AvgIpc) is 2.99. The van der Waals surface area contributed by atoms with Crippen molar-refractivity contribution in [2.24, 2.45) is 5.41 Å². The van der Waals surface area contributed by atoms with Gasteiger partial charge in [-0.3, -0.25) is 9.59 Å². The summed E-state index contributed by atoms with van der Waals surface area (Å²) in [5.41, 5.74) is 1.95. The van der Waals surface area contributed by atoms with Crippen LogP contribution in [0.1, 0.15) is 37.4 Å². The van der Waals surface area contributed by atoms with Gasteiger partial charge < -0.3 is 14.4 Å². The molecule has 1 amide bonds. The number of aliphatic carboxylic acids is 1. The molecular weight excluding hydrogens is 306 g/mol. The first-order valence-corrected chi connectivity index (χ1v) is 8.39. The highest BCUT2D eigenvalue weighted by Crippen LogP contribution is 2.34. The fraction of sp³-hybridized carbons (Fsp3) is 0.500. The summed E-state index contributed by atoms with van der Waals surface area (Å²) >= 11 is 0. The highest BCUT2D eigenvalue weighted by molar-refractivity contribution is 5.81. The molecule has 6 nitrogen and oxygen atoms in total. The van der Waals surface area contributed by atoms with Crippen molar-refractivity contribution in [3.05, 3.63) is 35.8 Å². The first-order chi connectivity index (χ1) is 11.5. The Morgan fingerprint density at radius 1 is 1.42 bits per heavy atom. The van der Waals surface area contributed by atoms with Gasteiger partial charge >= 0.3 is 5.97 Å². The van der Waals surface area contributed by atoms with Crippen molar-refractivity contribution >= 4 is 17.5 Å². The summed E-state index contributed by atoms with van der Waals surface area (Å²) in [7, 11) is 0. The van der Waals surface area contributed by atoms with Crippen molar-refractivity contribution in [3.8, 4) is 0 Å². The molecule has 0 aliphatic carbocycles. The van der Waals surface area contributed by atoms with E-state index in [0.29, 0.717) is 25.9 Å². The summed E-state index contributed by atoms with van der Waals surface area (Å²) in [4.78, 5) is 30.5. The molecule has 1 atom stereocenters. The van der Waals surface area contributed by atoms with Gasteiger partial charge in [0.05, 0.1) is 17.5 Å². The number of fused-ring (bicyclic) bond motifs is 1. The lowest BCUT2D eigenvalue weighted by Gasteiger charge is -2.39. The van der Waals surface area contributed by atoms with Gasteiger partial charge in [-0.25, -0.2) is 4.98 Å². The molecule has 1 fully saturated rings. The minimum atomic E-state index is -0.802. The zero-order chi connectivity index (χ0) is 17.3. The molecule has 0 spiro atoms. The Labute approximate surface area is 141 Å². The van der Waals surface area contributed by atoms with Gasteiger partial charge in [0, 0.05) is 25.5 Å². The van der Waals surface area contributed by atoms with Crippen LogP contribution in [0.2, 0.25) is 0 Å². The molecule has 0 bridgehead atoms. The number of rotatable bonds is 4. The summed E-state index contributed by atoms with van der Waals surface area (Å²) in [6, 6.07) is 3.92. The molecule has 0 aromatic carbocycles. The van der Waals surface area contributed by atoms with Crippen LogP contribution >= 0.6 is 0 Å². The number of piperidine rings is 1. The molecule has 0 radical (unpaired) electrons. The molecule has 1 saturated heterocycles. The number of aromatic nitrogens is 2. The zero-order valence-electron chi connectivity index (χ0n) is 14.2. The molecule has 1 N–H and O–H groups in total. The van der Waals surface area contributed by atoms with E-state index in [4.69, 9.17) is 0 Å². The van der Waals surface area contributed by atoms with Crippen LogP contribution in [-0.4, -0.2) is 44.4 Å². The van der Waals surface area contributed by atoms with Gasteiger partial charge in [-0.05, 0) is 37.8 Å². The Hall–Kier alpha value is -2.37. The molecule has 3 rings (SSSR count). The second kappa shape index (κ2) is 6.26.